The molecule has 1 saturated carbocycles. The van der Waals surface area contributed by atoms with Crippen molar-refractivity contribution in [3.8, 4) is 5.75 Å². The van der Waals surface area contributed by atoms with Crippen LogP contribution in [0.1, 0.15) is 46.3 Å². The highest BCUT2D eigenvalue weighted by molar-refractivity contribution is 6.12. The molecule has 0 spiro atoms. The van der Waals surface area contributed by atoms with Crippen LogP contribution < -0.4 is 10.1 Å². The standard InChI is InChI=1S/C38H38N2O5/c41-36(23-20-28-10-3-1-4-11-28)40(27-30-16-17-30)24-9-25-45-32-21-18-29(19-22-32)26-35(38(43)44)39-34-15-8-7-14-33(34)37(42)31-12-5-2-6-13-31/h1-8,10-15,18-23,30,35,39H,9,16-17,24-27H2,(H,43,44)/b23-20+/t35-/m0/s1. The van der Waals surface area contributed by atoms with Crippen LogP contribution in [-0.2, 0) is 16.0 Å². The molecule has 1 aliphatic rings. The molecule has 0 unspecified atom stereocenters. The molecule has 7 nitrogen and oxygen atoms in total. The van der Waals surface area contributed by atoms with Gasteiger partial charge in [0.25, 0.3) is 0 Å². The Morgan fingerprint density at radius 2 is 1.53 bits per heavy atom. The van der Waals surface area contributed by atoms with E-state index in [1.807, 2.05) is 71.6 Å². The molecule has 2 N–H and O–H groups in total. The van der Waals surface area contributed by atoms with Crippen molar-refractivity contribution in [1.82, 2.24) is 4.90 Å². The van der Waals surface area contributed by atoms with Crippen molar-refractivity contribution in [2.24, 2.45) is 5.92 Å². The number of amides is 1. The van der Waals surface area contributed by atoms with Gasteiger partial charge in [-0.2, -0.15) is 0 Å². The highest BCUT2D eigenvalue weighted by atomic mass is 16.5. The third kappa shape index (κ3) is 9.41. The van der Waals surface area contributed by atoms with E-state index in [1.165, 1.54) is 12.8 Å². The second kappa shape index (κ2) is 15.5. The molecule has 45 heavy (non-hydrogen) atoms. The van der Waals surface area contributed by atoms with Gasteiger partial charge in [-0.15, -0.1) is 0 Å². The van der Waals surface area contributed by atoms with Crippen molar-refractivity contribution >= 4 is 29.4 Å². The van der Waals surface area contributed by atoms with Gasteiger partial charge in [-0.25, -0.2) is 4.79 Å². The first-order chi connectivity index (χ1) is 22.0. The van der Waals surface area contributed by atoms with E-state index >= 15 is 0 Å². The highest BCUT2D eigenvalue weighted by Crippen LogP contribution is 2.30. The fourth-order valence-corrected chi connectivity index (χ4v) is 5.08. The summed E-state index contributed by atoms with van der Waals surface area (Å²) in [5, 5.41) is 13.0. The number of ketones is 1. The summed E-state index contributed by atoms with van der Waals surface area (Å²) >= 11 is 0. The summed E-state index contributed by atoms with van der Waals surface area (Å²) in [4.78, 5) is 40.1. The van der Waals surface area contributed by atoms with Gasteiger partial charge >= 0.3 is 5.97 Å². The molecule has 4 aromatic carbocycles. The number of benzene rings is 4. The number of ether oxygens (including phenoxy) is 1. The van der Waals surface area contributed by atoms with Gasteiger partial charge in [-0.05, 0) is 66.6 Å². The van der Waals surface area contributed by atoms with Gasteiger partial charge in [0.15, 0.2) is 5.78 Å². The maximum absolute atomic E-state index is 13.1. The number of aliphatic carboxylic acids is 1. The first-order valence-corrected chi connectivity index (χ1v) is 15.4. The van der Waals surface area contributed by atoms with Crippen LogP contribution >= 0.6 is 0 Å². The second-order valence-electron chi connectivity index (χ2n) is 11.3. The maximum Gasteiger partial charge on any atom is 0.326 e. The zero-order chi connectivity index (χ0) is 31.4. The monoisotopic (exact) mass is 602 g/mol. The minimum atomic E-state index is -1.01. The minimum Gasteiger partial charge on any atom is -0.494 e. The predicted molar refractivity (Wildman–Crippen MR) is 176 cm³/mol. The first-order valence-electron chi connectivity index (χ1n) is 15.4. The Bertz CT molecular complexity index is 1600. The molecule has 1 aliphatic carbocycles. The van der Waals surface area contributed by atoms with Gasteiger partial charge < -0.3 is 20.1 Å². The lowest BCUT2D eigenvalue weighted by Gasteiger charge is -2.21. The topological polar surface area (TPSA) is 95.9 Å². The molecule has 230 valence electrons. The smallest absolute Gasteiger partial charge is 0.326 e. The third-order valence-corrected chi connectivity index (χ3v) is 7.74. The van der Waals surface area contributed by atoms with Crippen LogP contribution in [0.3, 0.4) is 0 Å². The average Bonchev–Trinajstić information content (AvgIpc) is 3.90. The van der Waals surface area contributed by atoms with Crippen molar-refractivity contribution in [2.45, 2.75) is 31.7 Å². The predicted octanol–water partition coefficient (Wildman–Crippen LogP) is 6.75. The molecule has 0 saturated heterocycles. The number of carbonyl (C=O) groups excluding carboxylic acids is 2. The number of hydrogen-bond acceptors (Lipinski definition) is 5. The summed E-state index contributed by atoms with van der Waals surface area (Å²) in [7, 11) is 0. The van der Waals surface area contributed by atoms with E-state index in [-0.39, 0.29) is 18.1 Å². The Morgan fingerprint density at radius 3 is 2.22 bits per heavy atom. The highest BCUT2D eigenvalue weighted by Gasteiger charge is 2.26. The van der Waals surface area contributed by atoms with Crippen molar-refractivity contribution in [3.63, 3.8) is 0 Å². The van der Waals surface area contributed by atoms with Crippen molar-refractivity contribution in [1.29, 1.82) is 0 Å². The van der Waals surface area contributed by atoms with Gasteiger partial charge in [0.1, 0.15) is 11.8 Å². The molecule has 7 heteroatoms. The van der Waals surface area contributed by atoms with Crippen LogP contribution in [0.25, 0.3) is 6.08 Å². The number of para-hydroxylation sites is 1. The molecule has 1 atom stereocenters. The van der Waals surface area contributed by atoms with E-state index in [0.29, 0.717) is 48.1 Å². The number of carboxylic acids is 1. The third-order valence-electron chi connectivity index (χ3n) is 7.74. The lowest BCUT2D eigenvalue weighted by Crippen LogP contribution is -2.33. The first kappa shape index (κ1) is 31.3. The number of rotatable bonds is 16. The van der Waals surface area contributed by atoms with Crippen LogP contribution in [0.5, 0.6) is 5.75 Å². The molecular formula is C38H38N2O5. The molecule has 1 fully saturated rings. The van der Waals surface area contributed by atoms with E-state index in [2.05, 4.69) is 5.32 Å². The second-order valence-corrected chi connectivity index (χ2v) is 11.3. The molecule has 0 bridgehead atoms. The van der Waals surface area contributed by atoms with E-state index in [4.69, 9.17) is 4.74 Å². The van der Waals surface area contributed by atoms with E-state index in [1.54, 1.807) is 54.6 Å². The molecule has 5 rings (SSSR count). The Kier molecular flexibility index (Phi) is 10.8. The van der Waals surface area contributed by atoms with Crippen LogP contribution in [0.2, 0.25) is 0 Å². The van der Waals surface area contributed by atoms with Crippen LogP contribution in [0, 0.1) is 5.92 Å². The number of nitrogens with one attached hydrogen (secondary N) is 1. The number of carbonyl (C=O) groups is 3. The molecular weight excluding hydrogens is 564 g/mol. The Labute approximate surface area is 264 Å². The summed E-state index contributed by atoms with van der Waals surface area (Å²) in [5.74, 6) is 0.105. The number of carboxylic acid groups (broad SMARTS) is 1. The SMILES string of the molecule is O=C(c1ccccc1)c1ccccc1N[C@@H](Cc1ccc(OCCCN(CC2CC2)C(=O)/C=C/c2ccccc2)cc1)C(=O)O. The summed E-state index contributed by atoms with van der Waals surface area (Å²) in [6, 6.07) is 32.1. The number of nitrogens with zero attached hydrogens (tertiary/aromatic N) is 1. The minimum absolute atomic E-state index is 0.0174. The maximum atomic E-state index is 13.1. The lowest BCUT2D eigenvalue weighted by molar-refractivity contribution is -0.137. The van der Waals surface area contributed by atoms with Crippen molar-refractivity contribution in [2.75, 3.05) is 25.0 Å². The van der Waals surface area contributed by atoms with Gasteiger partial charge in [0.2, 0.25) is 5.91 Å². The van der Waals surface area contributed by atoms with Crippen LogP contribution in [-0.4, -0.2) is 53.4 Å². The van der Waals surface area contributed by atoms with E-state index < -0.39 is 12.0 Å². The zero-order valence-electron chi connectivity index (χ0n) is 25.2. The number of anilines is 1. The van der Waals surface area contributed by atoms with Gasteiger partial charge in [0.05, 0.1) is 6.61 Å². The number of hydrogen-bond donors (Lipinski definition) is 2. The van der Waals surface area contributed by atoms with Crippen LogP contribution in [0.4, 0.5) is 5.69 Å². The summed E-state index contributed by atoms with van der Waals surface area (Å²) in [6.07, 6.45) is 6.77. The Morgan fingerprint density at radius 1 is 0.867 bits per heavy atom. The molecule has 0 radical (unpaired) electrons. The molecule has 4 aromatic rings. The summed E-state index contributed by atoms with van der Waals surface area (Å²) in [6.45, 7) is 1.85. The Balaban J connectivity index is 1.13. The van der Waals surface area contributed by atoms with Crippen molar-refractivity contribution < 1.29 is 24.2 Å². The zero-order valence-corrected chi connectivity index (χ0v) is 25.2. The summed E-state index contributed by atoms with van der Waals surface area (Å²) < 4.78 is 5.95. The van der Waals surface area contributed by atoms with Gasteiger partial charge in [0, 0.05) is 42.4 Å². The molecule has 0 aliphatic heterocycles. The van der Waals surface area contributed by atoms with Crippen LogP contribution in [0.15, 0.2) is 115 Å². The molecule has 1 amide bonds. The average molecular weight is 603 g/mol. The fraction of sp³-hybridized carbons (Fsp3) is 0.237. The van der Waals surface area contributed by atoms with E-state index in [9.17, 15) is 19.5 Å². The van der Waals surface area contributed by atoms with E-state index in [0.717, 1.165) is 17.7 Å². The quantitative estimate of drug-likeness (QED) is 0.0837. The van der Waals surface area contributed by atoms with Crippen molar-refractivity contribution in [3.05, 3.63) is 138 Å². The fourth-order valence-electron chi connectivity index (χ4n) is 5.08. The normalized spacial score (nSPS) is 13.2. The largest absolute Gasteiger partial charge is 0.494 e. The Hall–Kier alpha value is -5.17. The molecule has 0 heterocycles. The lowest BCUT2D eigenvalue weighted by atomic mass is 10.00. The van der Waals surface area contributed by atoms with Gasteiger partial charge in [-0.3, -0.25) is 9.59 Å². The summed E-state index contributed by atoms with van der Waals surface area (Å²) in [5.41, 5.74) is 3.25. The molecule has 0 aromatic heterocycles. The van der Waals surface area contributed by atoms with Gasteiger partial charge in [-0.1, -0.05) is 84.9 Å².